The van der Waals surface area contributed by atoms with E-state index in [1.807, 2.05) is 18.2 Å². The van der Waals surface area contributed by atoms with E-state index in [-0.39, 0.29) is 11.8 Å². The van der Waals surface area contributed by atoms with E-state index in [0.717, 1.165) is 29.7 Å². The Morgan fingerprint density at radius 1 is 1.25 bits per heavy atom. The van der Waals surface area contributed by atoms with Crippen molar-refractivity contribution < 1.29 is 13.2 Å². The Hall–Kier alpha value is -1.66. The second-order valence-corrected chi connectivity index (χ2v) is 9.15. The summed E-state index contributed by atoms with van der Waals surface area (Å²) < 4.78 is 25.0. The van der Waals surface area contributed by atoms with Crippen molar-refractivity contribution in [3.8, 4) is 0 Å². The summed E-state index contributed by atoms with van der Waals surface area (Å²) in [6, 6.07) is 5.76. The number of amides is 1. The van der Waals surface area contributed by atoms with Gasteiger partial charge in [0, 0.05) is 24.7 Å². The Kier molecular flexibility index (Phi) is 3.77. The zero-order chi connectivity index (χ0) is 16.9. The van der Waals surface area contributed by atoms with Crippen LogP contribution >= 0.6 is 0 Å². The topological polar surface area (TPSA) is 66.5 Å². The first-order valence-corrected chi connectivity index (χ1v) is 10.3. The van der Waals surface area contributed by atoms with Gasteiger partial charge in [-0.25, -0.2) is 8.42 Å². The van der Waals surface area contributed by atoms with Crippen molar-refractivity contribution >= 4 is 21.6 Å². The fraction of sp³-hybridized carbons (Fsp3) is 0.500. The molecule has 0 radical (unpaired) electrons. The molecular weight excluding hydrogens is 324 g/mol. The maximum absolute atomic E-state index is 12.7. The number of anilines is 1. The second-order valence-electron chi connectivity index (χ2n) is 7.17. The molecule has 1 amide bonds. The standard InChI is InChI=1S/C18H22N2O3S/c1-24(22,23)20-8-7-15-14(11-20)3-2-4-17(15)19-18(21)16-10-12-5-6-13(16)9-12/h2-6,12-13,16H,7-11H2,1H3,(H,19,21)/t12-,13-,16+/m0/s1. The van der Waals surface area contributed by atoms with Crippen LogP contribution in [0.2, 0.25) is 0 Å². The van der Waals surface area contributed by atoms with Gasteiger partial charge in [-0.1, -0.05) is 24.3 Å². The lowest BCUT2D eigenvalue weighted by Gasteiger charge is -2.28. The van der Waals surface area contributed by atoms with Crippen LogP contribution in [0.4, 0.5) is 5.69 Å². The van der Waals surface area contributed by atoms with Crippen molar-refractivity contribution in [2.75, 3.05) is 18.1 Å². The van der Waals surface area contributed by atoms with Crippen molar-refractivity contribution in [3.63, 3.8) is 0 Å². The molecule has 1 aromatic carbocycles. The predicted octanol–water partition coefficient (Wildman–Crippen LogP) is 2.16. The molecule has 1 fully saturated rings. The number of nitrogens with one attached hydrogen (secondary N) is 1. The fourth-order valence-electron chi connectivity index (χ4n) is 4.29. The van der Waals surface area contributed by atoms with Crippen LogP contribution in [0, 0.1) is 17.8 Å². The third kappa shape index (κ3) is 2.78. The number of allylic oxidation sites excluding steroid dienone is 2. The van der Waals surface area contributed by atoms with E-state index in [1.54, 1.807) is 0 Å². The minimum Gasteiger partial charge on any atom is -0.326 e. The minimum atomic E-state index is -3.19. The third-order valence-corrected chi connectivity index (χ3v) is 6.82. The number of carbonyl (C=O) groups excluding carboxylic acids is 1. The van der Waals surface area contributed by atoms with Gasteiger partial charge in [0.1, 0.15) is 0 Å². The molecule has 1 N–H and O–H groups in total. The summed E-state index contributed by atoms with van der Waals surface area (Å²) in [5.41, 5.74) is 2.90. The van der Waals surface area contributed by atoms with E-state index in [0.29, 0.717) is 31.3 Å². The van der Waals surface area contributed by atoms with E-state index < -0.39 is 10.0 Å². The van der Waals surface area contributed by atoms with Crippen LogP contribution in [-0.4, -0.2) is 31.4 Å². The number of hydrogen-bond donors (Lipinski definition) is 1. The average molecular weight is 346 g/mol. The molecule has 6 heteroatoms. The van der Waals surface area contributed by atoms with Gasteiger partial charge in [-0.05, 0) is 48.3 Å². The molecule has 2 bridgehead atoms. The minimum absolute atomic E-state index is 0.0759. The molecule has 1 saturated carbocycles. The number of fused-ring (bicyclic) bond motifs is 3. The molecule has 24 heavy (non-hydrogen) atoms. The van der Waals surface area contributed by atoms with Gasteiger partial charge in [0.05, 0.1) is 6.26 Å². The zero-order valence-corrected chi connectivity index (χ0v) is 14.6. The van der Waals surface area contributed by atoms with Gasteiger partial charge >= 0.3 is 0 Å². The molecule has 4 rings (SSSR count). The molecule has 0 saturated heterocycles. The van der Waals surface area contributed by atoms with Gasteiger partial charge in [-0.3, -0.25) is 4.79 Å². The second kappa shape index (κ2) is 5.70. The molecule has 5 nitrogen and oxygen atoms in total. The summed E-state index contributed by atoms with van der Waals surface area (Å²) in [7, 11) is -3.19. The smallest absolute Gasteiger partial charge is 0.228 e. The monoisotopic (exact) mass is 346 g/mol. The maximum atomic E-state index is 12.7. The molecule has 1 aromatic rings. The molecule has 3 atom stereocenters. The number of benzene rings is 1. The van der Waals surface area contributed by atoms with Gasteiger partial charge in [0.2, 0.25) is 15.9 Å². The normalized spacial score (nSPS) is 28.8. The van der Waals surface area contributed by atoms with Crippen LogP contribution in [0.1, 0.15) is 24.0 Å². The lowest BCUT2D eigenvalue weighted by molar-refractivity contribution is -0.120. The lowest BCUT2D eigenvalue weighted by Crippen LogP contribution is -2.35. The first kappa shape index (κ1) is 15.8. The van der Waals surface area contributed by atoms with E-state index in [1.165, 1.54) is 10.6 Å². The quantitative estimate of drug-likeness (QED) is 0.853. The number of nitrogens with zero attached hydrogens (tertiary/aromatic N) is 1. The summed E-state index contributed by atoms with van der Waals surface area (Å²) >= 11 is 0. The van der Waals surface area contributed by atoms with Crippen molar-refractivity contribution in [3.05, 3.63) is 41.5 Å². The molecule has 0 aromatic heterocycles. The highest BCUT2D eigenvalue weighted by molar-refractivity contribution is 7.88. The number of sulfonamides is 1. The molecular formula is C18H22N2O3S. The summed E-state index contributed by atoms with van der Waals surface area (Å²) in [5.74, 6) is 1.13. The van der Waals surface area contributed by atoms with Gasteiger partial charge in [0.15, 0.2) is 0 Å². The van der Waals surface area contributed by atoms with E-state index in [2.05, 4.69) is 17.5 Å². The number of carbonyl (C=O) groups is 1. The summed E-state index contributed by atoms with van der Waals surface area (Å²) in [6.45, 7) is 0.852. The molecule has 1 heterocycles. The third-order valence-electron chi connectivity index (χ3n) is 5.57. The molecule has 128 valence electrons. The highest BCUT2D eigenvalue weighted by Gasteiger charge is 2.40. The SMILES string of the molecule is CS(=O)(=O)N1CCc2c(cccc2NC(=O)[C@@H]2C[C@H]3C=C[C@H]2C3)C1. The van der Waals surface area contributed by atoms with Crippen LogP contribution in [0.5, 0.6) is 0 Å². The molecule has 3 aliphatic rings. The Balaban J connectivity index is 1.53. The first-order chi connectivity index (χ1) is 11.4. The molecule has 2 aliphatic carbocycles. The maximum Gasteiger partial charge on any atom is 0.228 e. The van der Waals surface area contributed by atoms with Crippen molar-refractivity contribution in [2.24, 2.45) is 17.8 Å². The lowest BCUT2D eigenvalue weighted by atomic mass is 9.92. The Labute approximate surface area is 142 Å². The van der Waals surface area contributed by atoms with Gasteiger partial charge in [-0.15, -0.1) is 0 Å². The van der Waals surface area contributed by atoms with Crippen molar-refractivity contribution in [1.82, 2.24) is 4.31 Å². The summed E-state index contributed by atoms with van der Waals surface area (Å²) in [4.78, 5) is 12.7. The molecule has 1 aliphatic heterocycles. The van der Waals surface area contributed by atoms with E-state index in [9.17, 15) is 13.2 Å². The molecule has 0 unspecified atom stereocenters. The fourth-order valence-corrected chi connectivity index (χ4v) is 5.09. The summed E-state index contributed by atoms with van der Waals surface area (Å²) in [5, 5.41) is 3.11. The van der Waals surface area contributed by atoms with Crippen LogP contribution in [-0.2, 0) is 27.8 Å². The molecule has 0 spiro atoms. The predicted molar refractivity (Wildman–Crippen MR) is 92.9 cm³/mol. The number of hydrogen-bond acceptors (Lipinski definition) is 3. The largest absolute Gasteiger partial charge is 0.326 e. The van der Waals surface area contributed by atoms with Crippen LogP contribution in [0.25, 0.3) is 0 Å². The van der Waals surface area contributed by atoms with Crippen LogP contribution in [0.3, 0.4) is 0 Å². The Morgan fingerprint density at radius 2 is 2.08 bits per heavy atom. The highest BCUT2D eigenvalue weighted by atomic mass is 32.2. The van der Waals surface area contributed by atoms with Crippen LogP contribution in [0.15, 0.2) is 30.4 Å². The average Bonchev–Trinajstić information content (AvgIpc) is 3.17. The Bertz CT molecular complexity index is 816. The first-order valence-electron chi connectivity index (χ1n) is 8.47. The van der Waals surface area contributed by atoms with E-state index >= 15 is 0 Å². The van der Waals surface area contributed by atoms with Crippen molar-refractivity contribution in [1.29, 1.82) is 0 Å². The van der Waals surface area contributed by atoms with Crippen molar-refractivity contribution in [2.45, 2.75) is 25.8 Å². The van der Waals surface area contributed by atoms with E-state index in [4.69, 9.17) is 0 Å². The number of rotatable bonds is 3. The van der Waals surface area contributed by atoms with Crippen LogP contribution < -0.4 is 5.32 Å². The van der Waals surface area contributed by atoms with Gasteiger partial charge in [-0.2, -0.15) is 4.31 Å². The Morgan fingerprint density at radius 3 is 2.75 bits per heavy atom. The highest BCUT2D eigenvalue weighted by Crippen LogP contribution is 2.44. The zero-order valence-electron chi connectivity index (χ0n) is 13.7. The van der Waals surface area contributed by atoms with Gasteiger partial charge < -0.3 is 5.32 Å². The summed E-state index contributed by atoms with van der Waals surface area (Å²) in [6.07, 6.45) is 8.35. The van der Waals surface area contributed by atoms with Gasteiger partial charge in [0.25, 0.3) is 0 Å².